The van der Waals surface area contributed by atoms with Crippen molar-refractivity contribution in [3.8, 4) is 0 Å². The second-order valence-electron chi connectivity index (χ2n) is 5.76. The summed E-state index contributed by atoms with van der Waals surface area (Å²) in [5.74, 6) is -2.73. The number of nitrogens with zero attached hydrogens (tertiary/aromatic N) is 1. The zero-order valence-electron chi connectivity index (χ0n) is 13.0. The van der Waals surface area contributed by atoms with Crippen LogP contribution in [-0.4, -0.2) is 41.7 Å². The lowest BCUT2D eigenvalue weighted by Gasteiger charge is -2.33. The maximum Gasteiger partial charge on any atom is 0.311 e. The summed E-state index contributed by atoms with van der Waals surface area (Å²) in [6.07, 6.45) is 0.430. The minimum atomic E-state index is -1.19. The van der Waals surface area contributed by atoms with E-state index in [9.17, 15) is 29.2 Å². The van der Waals surface area contributed by atoms with Gasteiger partial charge in [0.05, 0.1) is 10.3 Å². The van der Waals surface area contributed by atoms with Gasteiger partial charge in [-0.05, 0) is 31.9 Å². The molecule has 0 bridgehead atoms. The Morgan fingerprint density at radius 1 is 1.42 bits per heavy atom. The summed E-state index contributed by atoms with van der Waals surface area (Å²) in [7, 11) is 0. The second kappa shape index (κ2) is 6.91. The molecular weight excluding hydrogens is 323 g/mol. The predicted octanol–water partition coefficient (Wildman–Crippen LogP) is 1.65. The molecule has 130 valence electrons. The van der Waals surface area contributed by atoms with Gasteiger partial charge in [0.25, 0.3) is 11.6 Å². The van der Waals surface area contributed by atoms with E-state index < -0.39 is 39.3 Å². The lowest BCUT2D eigenvalue weighted by Crippen LogP contribution is -2.46. The van der Waals surface area contributed by atoms with Crippen molar-refractivity contribution in [2.45, 2.75) is 19.8 Å². The van der Waals surface area contributed by atoms with E-state index in [4.69, 9.17) is 4.74 Å². The molecule has 1 saturated heterocycles. The molecule has 1 heterocycles. The Hall–Kier alpha value is -2.55. The third-order valence-corrected chi connectivity index (χ3v) is 4.18. The van der Waals surface area contributed by atoms with E-state index in [0.29, 0.717) is 0 Å². The summed E-state index contributed by atoms with van der Waals surface area (Å²) in [6.45, 7) is 1.62. The molecule has 1 aliphatic heterocycles. The molecule has 1 fully saturated rings. The summed E-state index contributed by atoms with van der Waals surface area (Å²) < 4.78 is 18.7. The molecule has 1 aromatic rings. The highest BCUT2D eigenvalue weighted by Gasteiger charge is 2.40. The van der Waals surface area contributed by atoms with Gasteiger partial charge in [-0.15, -0.1) is 0 Å². The molecule has 24 heavy (non-hydrogen) atoms. The average molecular weight is 340 g/mol. The Kier molecular flexibility index (Phi) is 5.13. The first-order valence-corrected chi connectivity index (χ1v) is 7.31. The van der Waals surface area contributed by atoms with Gasteiger partial charge in [-0.1, -0.05) is 0 Å². The number of hydrogen-bond acceptors (Lipinski definition) is 5. The predicted molar refractivity (Wildman–Crippen MR) is 80.2 cm³/mol. The maximum atomic E-state index is 13.5. The fraction of sp³-hybridized carbons (Fsp3) is 0.467. The van der Waals surface area contributed by atoms with Gasteiger partial charge in [0, 0.05) is 25.3 Å². The van der Waals surface area contributed by atoms with Crippen LogP contribution in [0, 0.1) is 28.3 Å². The van der Waals surface area contributed by atoms with Crippen molar-refractivity contribution in [3.63, 3.8) is 0 Å². The third kappa shape index (κ3) is 3.51. The first kappa shape index (κ1) is 17.8. The number of carbonyl (C=O) groups excluding carboxylic acids is 1. The average Bonchev–Trinajstić information content (AvgIpc) is 2.52. The monoisotopic (exact) mass is 340 g/mol. The zero-order chi connectivity index (χ0) is 17.9. The summed E-state index contributed by atoms with van der Waals surface area (Å²) in [5, 5.41) is 23.0. The van der Waals surface area contributed by atoms with Gasteiger partial charge in [0.15, 0.2) is 0 Å². The van der Waals surface area contributed by atoms with E-state index in [1.54, 1.807) is 0 Å². The number of benzene rings is 1. The van der Waals surface area contributed by atoms with E-state index >= 15 is 0 Å². The van der Waals surface area contributed by atoms with Crippen LogP contribution >= 0.6 is 0 Å². The normalized spacial score (nSPS) is 16.4. The Bertz CT molecular complexity index is 685. The molecular formula is C15H17FN2O6. The number of nitro benzene ring substituents is 1. The standard InChI is InChI=1S/C15H17FN2O6/c1-9-6-10(16)7-11(12(9)18(22)23)13(19)17-8-15(14(20)21)2-4-24-5-3-15/h6-7H,2-5,8H2,1H3,(H,17,19)(H,20,21). The number of aryl methyl sites for hydroxylation is 1. The van der Waals surface area contributed by atoms with E-state index in [1.807, 2.05) is 0 Å². The molecule has 9 heteroatoms. The number of nitrogens with one attached hydrogen (secondary N) is 1. The van der Waals surface area contributed by atoms with Crippen molar-refractivity contribution >= 4 is 17.6 Å². The molecule has 0 spiro atoms. The molecule has 2 rings (SSSR count). The van der Waals surface area contributed by atoms with Crippen LogP contribution in [0.1, 0.15) is 28.8 Å². The second-order valence-corrected chi connectivity index (χ2v) is 5.76. The number of carboxylic acids is 1. The maximum absolute atomic E-state index is 13.5. The highest BCUT2D eigenvalue weighted by molar-refractivity contribution is 5.99. The highest BCUT2D eigenvalue weighted by Crippen LogP contribution is 2.31. The molecule has 8 nitrogen and oxygen atoms in total. The molecule has 1 amide bonds. The molecule has 0 radical (unpaired) electrons. The van der Waals surface area contributed by atoms with Crippen molar-refractivity contribution in [1.29, 1.82) is 0 Å². The number of rotatable bonds is 5. The van der Waals surface area contributed by atoms with E-state index in [-0.39, 0.29) is 38.2 Å². The number of hydrogen-bond donors (Lipinski definition) is 2. The van der Waals surface area contributed by atoms with Crippen LogP contribution in [0.25, 0.3) is 0 Å². The lowest BCUT2D eigenvalue weighted by atomic mass is 9.80. The molecule has 0 aromatic heterocycles. The zero-order valence-corrected chi connectivity index (χ0v) is 13.0. The van der Waals surface area contributed by atoms with Gasteiger partial charge >= 0.3 is 5.97 Å². The van der Waals surface area contributed by atoms with Gasteiger partial charge in [0.1, 0.15) is 11.4 Å². The Balaban J connectivity index is 2.24. The smallest absolute Gasteiger partial charge is 0.311 e. The van der Waals surface area contributed by atoms with Crippen molar-refractivity contribution in [3.05, 3.63) is 39.2 Å². The summed E-state index contributed by atoms with van der Waals surface area (Å²) in [4.78, 5) is 34.2. The molecule has 0 unspecified atom stereocenters. The number of carboxylic acid groups (broad SMARTS) is 1. The highest BCUT2D eigenvalue weighted by atomic mass is 19.1. The minimum absolute atomic E-state index is 0.0177. The largest absolute Gasteiger partial charge is 0.481 e. The molecule has 2 N–H and O–H groups in total. The van der Waals surface area contributed by atoms with E-state index in [2.05, 4.69) is 5.32 Å². The van der Waals surface area contributed by atoms with Gasteiger partial charge in [-0.2, -0.15) is 0 Å². The van der Waals surface area contributed by atoms with Crippen LogP contribution in [0.2, 0.25) is 0 Å². The van der Waals surface area contributed by atoms with E-state index in [1.165, 1.54) is 6.92 Å². The number of carbonyl (C=O) groups is 2. The molecule has 1 aliphatic rings. The first-order valence-electron chi connectivity index (χ1n) is 7.31. The quantitative estimate of drug-likeness (QED) is 0.621. The number of nitro groups is 1. The van der Waals surface area contributed by atoms with Gasteiger partial charge in [-0.25, -0.2) is 4.39 Å². The topological polar surface area (TPSA) is 119 Å². The van der Waals surface area contributed by atoms with Crippen molar-refractivity contribution in [1.82, 2.24) is 5.32 Å². The number of aliphatic carboxylic acids is 1. The van der Waals surface area contributed by atoms with Crippen LogP contribution in [0.4, 0.5) is 10.1 Å². The SMILES string of the molecule is Cc1cc(F)cc(C(=O)NCC2(C(=O)O)CCOCC2)c1[N+](=O)[O-]. The Morgan fingerprint density at radius 3 is 2.58 bits per heavy atom. The van der Waals surface area contributed by atoms with Crippen LogP contribution in [0.5, 0.6) is 0 Å². The van der Waals surface area contributed by atoms with Gasteiger partial charge in [0.2, 0.25) is 0 Å². The third-order valence-electron chi connectivity index (χ3n) is 4.18. The van der Waals surface area contributed by atoms with Crippen LogP contribution in [0.3, 0.4) is 0 Å². The minimum Gasteiger partial charge on any atom is -0.481 e. The van der Waals surface area contributed by atoms with Crippen LogP contribution < -0.4 is 5.32 Å². The molecule has 0 saturated carbocycles. The van der Waals surface area contributed by atoms with Crippen LogP contribution in [-0.2, 0) is 9.53 Å². The van der Waals surface area contributed by atoms with Crippen molar-refractivity contribution < 1.29 is 28.7 Å². The number of halogens is 1. The number of amides is 1. The lowest BCUT2D eigenvalue weighted by molar-refractivity contribution is -0.385. The Morgan fingerprint density at radius 2 is 2.04 bits per heavy atom. The summed E-state index contributed by atoms with van der Waals surface area (Å²) in [6, 6.07) is 1.74. The van der Waals surface area contributed by atoms with Crippen molar-refractivity contribution in [2.24, 2.45) is 5.41 Å². The van der Waals surface area contributed by atoms with Crippen molar-refractivity contribution in [2.75, 3.05) is 19.8 Å². The van der Waals surface area contributed by atoms with Gasteiger partial charge < -0.3 is 15.2 Å². The van der Waals surface area contributed by atoms with E-state index in [0.717, 1.165) is 12.1 Å². The summed E-state index contributed by atoms with van der Waals surface area (Å²) in [5.41, 5.74) is -2.09. The van der Waals surface area contributed by atoms with Gasteiger partial charge in [-0.3, -0.25) is 19.7 Å². The fourth-order valence-electron chi connectivity index (χ4n) is 2.72. The number of ether oxygens (including phenoxy) is 1. The van der Waals surface area contributed by atoms with Crippen LogP contribution in [0.15, 0.2) is 12.1 Å². The molecule has 1 aromatic carbocycles. The molecule has 0 atom stereocenters. The Labute approximate surface area is 136 Å². The fourth-order valence-corrected chi connectivity index (χ4v) is 2.72. The molecule has 0 aliphatic carbocycles. The first-order chi connectivity index (χ1) is 11.3. The summed E-state index contributed by atoms with van der Waals surface area (Å²) >= 11 is 0.